The van der Waals surface area contributed by atoms with Gasteiger partial charge in [-0.3, -0.25) is 14.8 Å². The number of carbonyl (C=O) groups excluding carboxylic acids is 1. The first-order chi connectivity index (χ1) is 14.2. The maximum atomic E-state index is 11.7. The molecule has 12 heteroatoms. The minimum Gasteiger partial charge on any atom is -0.480 e. The molecule has 0 aliphatic carbocycles. The third-order valence-corrected chi connectivity index (χ3v) is 4.25. The van der Waals surface area contributed by atoms with E-state index in [-0.39, 0.29) is 31.1 Å². The number of carboxylic acids is 1. The molecule has 0 radical (unpaired) electrons. The van der Waals surface area contributed by atoms with E-state index in [0.717, 1.165) is 19.3 Å². The Balaban J connectivity index is 2.20. The summed E-state index contributed by atoms with van der Waals surface area (Å²) in [6.45, 7) is 2.55. The molecule has 0 saturated carbocycles. The van der Waals surface area contributed by atoms with Crippen LogP contribution in [-0.4, -0.2) is 51.9 Å². The number of carboxylic acid groups (broad SMARTS) is 1. The van der Waals surface area contributed by atoms with Crippen LogP contribution >= 0.6 is 0 Å². The minimum atomic E-state index is -1.16. The number of nitrogens with one attached hydrogen (secondary N) is 2. The summed E-state index contributed by atoms with van der Waals surface area (Å²) < 4.78 is 6.46. The van der Waals surface area contributed by atoms with Gasteiger partial charge in [-0.15, -0.1) is 0 Å². The van der Waals surface area contributed by atoms with Gasteiger partial charge in [0.15, 0.2) is 5.96 Å². The first-order valence-corrected chi connectivity index (χ1v) is 9.72. The highest BCUT2D eigenvalue weighted by Crippen LogP contribution is 2.03. The second-order valence-corrected chi connectivity index (χ2v) is 6.80. The van der Waals surface area contributed by atoms with Crippen molar-refractivity contribution in [3.8, 4) is 0 Å². The Bertz CT molecular complexity index is 842. The van der Waals surface area contributed by atoms with Gasteiger partial charge < -0.3 is 31.2 Å². The number of rotatable bonds is 13. The number of H-pyrrole nitrogens is 1. The van der Waals surface area contributed by atoms with E-state index in [1.54, 1.807) is 6.92 Å². The third-order valence-electron chi connectivity index (χ3n) is 4.25. The summed E-state index contributed by atoms with van der Waals surface area (Å²) in [7, 11) is 0. The van der Waals surface area contributed by atoms with Crippen LogP contribution in [0.25, 0.3) is 0 Å². The zero-order chi connectivity index (χ0) is 22.5. The summed E-state index contributed by atoms with van der Waals surface area (Å²) in [6.07, 6.45) is 4.22. The quantitative estimate of drug-likeness (QED) is 0.160. The molecular weight excluding hydrogens is 396 g/mol. The van der Waals surface area contributed by atoms with Crippen LogP contribution in [0.1, 0.15) is 44.1 Å². The van der Waals surface area contributed by atoms with Crippen LogP contribution in [0.4, 0.5) is 4.79 Å². The van der Waals surface area contributed by atoms with Crippen molar-refractivity contribution >= 4 is 18.0 Å². The number of guanidine groups is 1. The van der Waals surface area contributed by atoms with Gasteiger partial charge in [-0.2, -0.15) is 0 Å². The van der Waals surface area contributed by atoms with Gasteiger partial charge in [0.05, 0.1) is 6.61 Å². The second kappa shape index (κ2) is 13.0. The Morgan fingerprint density at radius 1 is 1.23 bits per heavy atom. The Morgan fingerprint density at radius 3 is 2.60 bits per heavy atom. The maximum Gasteiger partial charge on any atom is 0.407 e. The van der Waals surface area contributed by atoms with E-state index in [0.29, 0.717) is 24.9 Å². The molecule has 30 heavy (non-hydrogen) atoms. The molecule has 0 saturated heterocycles. The van der Waals surface area contributed by atoms with Crippen molar-refractivity contribution in [1.82, 2.24) is 14.9 Å². The smallest absolute Gasteiger partial charge is 0.407 e. The second-order valence-electron chi connectivity index (χ2n) is 6.80. The number of hydrogen-bond acceptors (Lipinski definition) is 6. The molecule has 0 aliphatic rings. The molecule has 1 aromatic rings. The Hall–Kier alpha value is -3.31. The van der Waals surface area contributed by atoms with Gasteiger partial charge in [-0.1, -0.05) is 6.42 Å². The SMILES string of the molecule is Cc1cn(CCCCCCOC(=O)N[C@@H](CCCN=C(N)N)C(=O)O)c(=O)[nH]c1=O. The van der Waals surface area contributed by atoms with Gasteiger partial charge in [0.2, 0.25) is 0 Å². The lowest BCUT2D eigenvalue weighted by atomic mass is 10.1. The van der Waals surface area contributed by atoms with Crippen LogP contribution in [0, 0.1) is 6.92 Å². The Labute approximate surface area is 173 Å². The molecule has 1 amide bonds. The fourth-order valence-corrected chi connectivity index (χ4v) is 2.63. The normalized spacial score (nSPS) is 11.5. The predicted molar refractivity (Wildman–Crippen MR) is 110 cm³/mol. The van der Waals surface area contributed by atoms with Crippen LogP contribution in [0.15, 0.2) is 20.8 Å². The van der Waals surface area contributed by atoms with Crippen LogP contribution < -0.4 is 28.0 Å². The fraction of sp³-hybridized carbons (Fsp3) is 0.611. The van der Waals surface area contributed by atoms with Gasteiger partial charge in [-0.05, 0) is 39.0 Å². The van der Waals surface area contributed by atoms with Crippen molar-refractivity contribution in [3.05, 3.63) is 32.6 Å². The van der Waals surface area contributed by atoms with Crippen LogP contribution in [0.5, 0.6) is 0 Å². The van der Waals surface area contributed by atoms with Crippen LogP contribution in [0.2, 0.25) is 0 Å². The molecule has 12 nitrogen and oxygen atoms in total. The van der Waals surface area contributed by atoms with E-state index < -0.39 is 23.8 Å². The van der Waals surface area contributed by atoms with Crippen molar-refractivity contribution in [1.29, 1.82) is 0 Å². The van der Waals surface area contributed by atoms with E-state index in [9.17, 15) is 19.2 Å². The molecule has 1 heterocycles. The zero-order valence-corrected chi connectivity index (χ0v) is 17.1. The summed E-state index contributed by atoms with van der Waals surface area (Å²) in [5, 5.41) is 11.5. The number of aromatic nitrogens is 2. The van der Waals surface area contributed by atoms with Gasteiger partial charge in [0.25, 0.3) is 5.56 Å². The lowest BCUT2D eigenvalue weighted by molar-refractivity contribution is -0.139. The Morgan fingerprint density at radius 2 is 1.93 bits per heavy atom. The largest absolute Gasteiger partial charge is 0.480 e. The minimum absolute atomic E-state index is 0.0740. The van der Waals surface area contributed by atoms with Crippen molar-refractivity contribution in [2.45, 2.75) is 58.0 Å². The number of aromatic amines is 1. The molecule has 168 valence electrons. The topological polar surface area (TPSA) is 195 Å². The number of aliphatic imine (C=N–C) groups is 1. The zero-order valence-electron chi connectivity index (χ0n) is 17.1. The monoisotopic (exact) mass is 426 g/mol. The maximum absolute atomic E-state index is 11.7. The molecule has 1 rings (SSSR count). The van der Waals surface area contributed by atoms with Crippen LogP contribution in [0.3, 0.4) is 0 Å². The Kier molecular flexibility index (Phi) is 10.7. The molecule has 0 spiro atoms. The average molecular weight is 426 g/mol. The predicted octanol–water partition coefficient (Wildman–Crippen LogP) is -0.362. The molecule has 0 bridgehead atoms. The summed E-state index contributed by atoms with van der Waals surface area (Å²) in [5.41, 5.74) is 10.0. The van der Waals surface area contributed by atoms with E-state index in [4.69, 9.17) is 21.3 Å². The number of ether oxygens (including phenoxy) is 1. The summed E-state index contributed by atoms with van der Waals surface area (Å²) >= 11 is 0. The lowest BCUT2D eigenvalue weighted by Crippen LogP contribution is -2.41. The molecule has 0 aliphatic heterocycles. The number of nitrogens with two attached hydrogens (primary N) is 2. The van der Waals surface area contributed by atoms with E-state index in [1.807, 2.05) is 0 Å². The van der Waals surface area contributed by atoms with Crippen molar-refractivity contribution in [2.75, 3.05) is 13.2 Å². The molecule has 0 unspecified atom stereocenters. The highest BCUT2D eigenvalue weighted by Gasteiger charge is 2.20. The number of unbranched alkanes of at least 4 members (excludes halogenated alkanes) is 3. The molecule has 0 fully saturated rings. The molecule has 0 aromatic carbocycles. The number of aryl methyl sites for hydroxylation is 2. The van der Waals surface area contributed by atoms with E-state index in [2.05, 4.69) is 15.3 Å². The summed E-state index contributed by atoms with van der Waals surface area (Å²) in [4.78, 5) is 51.9. The lowest BCUT2D eigenvalue weighted by Gasteiger charge is -2.14. The molecule has 1 aromatic heterocycles. The van der Waals surface area contributed by atoms with Gasteiger partial charge in [0, 0.05) is 24.8 Å². The number of alkyl carbamates (subject to hydrolysis) is 1. The number of aliphatic carboxylic acids is 1. The van der Waals surface area contributed by atoms with Crippen molar-refractivity contribution < 1.29 is 19.4 Å². The highest BCUT2D eigenvalue weighted by atomic mass is 16.5. The number of amides is 1. The number of hydrogen-bond donors (Lipinski definition) is 5. The van der Waals surface area contributed by atoms with Crippen molar-refractivity contribution in [3.63, 3.8) is 0 Å². The van der Waals surface area contributed by atoms with Gasteiger partial charge >= 0.3 is 17.8 Å². The fourth-order valence-electron chi connectivity index (χ4n) is 2.63. The van der Waals surface area contributed by atoms with E-state index in [1.165, 1.54) is 10.8 Å². The van der Waals surface area contributed by atoms with Crippen LogP contribution in [-0.2, 0) is 16.1 Å². The highest BCUT2D eigenvalue weighted by molar-refractivity contribution is 5.79. The summed E-state index contributed by atoms with van der Waals surface area (Å²) in [5.74, 6) is -1.24. The van der Waals surface area contributed by atoms with E-state index >= 15 is 0 Å². The van der Waals surface area contributed by atoms with Crippen molar-refractivity contribution in [2.24, 2.45) is 16.5 Å². The molecule has 7 N–H and O–H groups in total. The average Bonchev–Trinajstić information content (AvgIpc) is 2.66. The first-order valence-electron chi connectivity index (χ1n) is 9.72. The summed E-state index contributed by atoms with van der Waals surface area (Å²) in [6, 6.07) is -1.08. The van der Waals surface area contributed by atoms with Gasteiger partial charge in [-0.25, -0.2) is 14.4 Å². The van der Waals surface area contributed by atoms with Gasteiger partial charge in [0.1, 0.15) is 6.04 Å². The number of carbonyl (C=O) groups is 2. The first kappa shape index (κ1) is 24.7. The standard InChI is InChI=1S/C18H30N6O6/c1-12-11-24(17(28)23-14(12)25)9-4-2-3-5-10-30-18(29)22-13(15(26)27)7-6-8-21-16(19)20/h11,13H,2-10H2,1H3,(H,22,29)(H,26,27)(H4,19,20,21)(H,23,25,28)/t13-/m0/s1. The third kappa shape index (κ3) is 9.75. The molecule has 1 atom stereocenters. The molecular formula is C18H30N6O6. The number of nitrogens with zero attached hydrogens (tertiary/aromatic N) is 2.